The molecule has 1 aliphatic heterocycles. The Labute approximate surface area is 131 Å². The van der Waals surface area contributed by atoms with E-state index in [1.165, 1.54) is 0 Å². The summed E-state index contributed by atoms with van der Waals surface area (Å²) in [7, 11) is 0. The largest absolute Gasteiger partial charge is 0.369 e. The molecule has 1 heterocycles. The highest BCUT2D eigenvalue weighted by atomic mass is 79.9. The third-order valence-electron chi connectivity index (χ3n) is 4.38. The van der Waals surface area contributed by atoms with Gasteiger partial charge in [0.15, 0.2) is 0 Å². The molecule has 1 aromatic carbocycles. The third-order valence-corrected chi connectivity index (χ3v) is 4.87. The first-order valence-corrected chi connectivity index (χ1v) is 7.99. The summed E-state index contributed by atoms with van der Waals surface area (Å²) in [5, 5.41) is 6.32. The van der Waals surface area contributed by atoms with Crippen molar-refractivity contribution in [1.82, 2.24) is 5.32 Å². The van der Waals surface area contributed by atoms with Crippen LogP contribution in [0, 0.1) is 5.92 Å². The minimum atomic E-state index is -0.312. The third kappa shape index (κ3) is 2.96. The molecule has 1 aliphatic carbocycles. The lowest BCUT2D eigenvalue weighted by atomic mass is 9.85. The summed E-state index contributed by atoms with van der Waals surface area (Å²) < 4.78 is 0.960. The molecule has 0 radical (unpaired) electrons. The van der Waals surface area contributed by atoms with Crippen LogP contribution in [-0.2, 0) is 9.59 Å². The predicted molar refractivity (Wildman–Crippen MR) is 83.6 cm³/mol. The lowest BCUT2D eigenvalue weighted by molar-refractivity contribution is -0.123. The van der Waals surface area contributed by atoms with Gasteiger partial charge < -0.3 is 11.1 Å². The molecule has 2 amide bonds. The SMILES string of the molecule is NC(=O)C1CCC(NC2C(=O)Nc3ccc(Br)cc32)CC1. The van der Waals surface area contributed by atoms with Gasteiger partial charge in [-0.25, -0.2) is 0 Å². The topological polar surface area (TPSA) is 84.2 Å². The Bertz CT molecular complexity index is 582. The molecule has 5 nitrogen and oxygen atoms in total. The number of halogens is 1. The van der Waals surface area contributed by atoms with Gasteiger partial charge in [0, 0.05) is 27.7 Å². The molecule has 1 fully saturated rings. The Morgan fingerprint density at radius 1 is 1.29 bits per heavy atom. The standard InChI is InChI=1S/C15H18BrN3O2/c16-9-3-6-12-11(7-9)13(15(21)19-12)18-10-4-1-8(2-5-10)14(17)20/h3,6-8,10,13,18H,1-2,4-5H2,(H2,17,20)(H,19,21). The molecule has 112 valence electrons. The fraction of sp³-hybridized carbons (Fsp3) is 0.467. The first kappa shape index (κ1) is 14.5. The first-order chi connectivity index (χ1) is 10.0. The Hall–Kier alpha value is -1.40. The molecule has 21 heavy (non-hydrogen) atoms. The normalized spacial score (nSPS) is 28.0. The summed E-state index contributed by atoms with van der Waals surface area (Å²) in [6.07, 6.45) is 3.35. The number of anilines is 1. The van der Waals surface area contributed by atoms with Gasteiger partial charge >= 0.3 is 0 Å². The number of primary amides is 1. The lowest BCUT2D eigenvalue weighted by Crippen LogP contribution is -2.40. The molecule has 0 saturated heterocycles. The zero-order chi connectivity index (χ0) is 15.0. The smallest absolute Gasteiger partial charge is 0.246 e. The second-order valence-electron chi connectivity index (χ2n) is 5.77. The molecule has 0 aromatic heterocycles. The van der Waals surface area contributed by atoms with Crippen molar-refractivity contribution in [3.8, 4) is 0 Å². The van der Waals surface area contributed by atoms with Crippen LogP contribution in [0.25, 0.3) is 0 Å². The number of nitrogens with one attached hydrogen (secondary N) is 2. The van der Waals surface area contributed by atoms with E-state index in [0.29, 0.717) is 0 Å². The maximum atomic E-state index is 12.1. The van der Waals surface area contributed by atoms with E-state index in [-0.39, 0.29) is 29.8 Å². The van der Waals surface area contributed by atoms with Gasteiger partial charge in [-0.1, -0.05) is 15.9 Å². The van der Waals surface area contributed by atoms with E-state index in [9.17, 15) is 9.59 Å². The van der Waals surface area contributed by atoms with Crippen LogP contribution in [0.2, 0.25) is 0 Å². The van der Waals surface area contributed by atoms with Crippen molar-refractivity contribution in [3.05, 3.63) is 28.2 Å². The van der Waals surface area contributed by atoms with Crippen molar-refractivity contribution in [2.24, 2.45) is 11.7 Å². The average Bonchev–Trinajstić information content (AvgIpc) is 2.76. The number of carbonyl (C=O) groups is 2. The maximum absolute atomic E-state index is 12.1. The van der Waals surface area contributed by atoms with E-state index < -0.39 is 0 Å². The second kappa shape index (κ2) is 5.77. The zero-order valence-corrected chi connectivity index (χ0v) is 13.2. The average molecular weight is 352 g/mol. The number of nitrogens with two attached hydrogens (primary N) is 1. The van der Waals surface area contributed by atoms with Gasteiger partial charge in [-0.15, -0.1) is 0 Å². The van der Waals surface area contributed by atoms with Gasteiger partial charge in [-0.3, -0.25) is 14.9 Å². The van der Waals surface area contributed by atoms with E-state index in [0.717, 1.165) is 41.4 Å². The molecular weight excluding hydrogens is 334 g/mol. The molecule has 2 aliphatic rings. The summed E-state index contributed by atoms with van der Waals surface area (Å²) in [6.45, 7) is 0. The monoisotopic (exact) mass is 351 g/mol. The molecule has 1 saturated carbocycles. The van der Waals surface area contributed by atoms with Crippen LogP contribution < -0.4 is 16.4 Å². The van der Waals surface area contributed by atoms with Crippen LogP contribution in [0.1, 0.15) is 37.3 Å². The number of hydrogen-bond donors (Lipinski definition) is 3. The van der Waals surface area contributed by atoms with E-state index in [1.807, 2.05) is 18.2 Å². The maximum Gasteiger partial charge on any atom is 0.246 e. The molecule has 4 N–H and O–H groups in total. The number of amides is 2. The lowest BCUT2D eigenvalue weighted by Gasteiger charge is -2.29. The summed E-state index contributed by atoms with van der Waals surface area (Å²) in [6, 6.07) is 5.73. The van der Waals surface area contributed by atoms with Crippen molar-refractivity contribution in [2.75, 3.05) is 5.32 Å². The van der Waals surface area contributed by atoms with Crippen molar-refractivity contribution >= 4 is 33.4 Å². The van der Waals surface area contributed by atoms with Crippen molar-refractivity contribution in [1.29, 1.82) is 0 Å². The molecule has 3 rings (SSSR count). The minimum Gasteiger partial charge on any atom is -0.369 e. The van der Waals surface area contributed by atoms with Crippen molar-refractivity contribution in [2.45, 2.75) is 37.8 Å². The van der Waals surface area contributed by atoms with Gasteiger partial charge in [-0.05, 0) is 43.9 Å². The summed E-state index contributed by atoms with van der Waals surface area (Å²) in [4.78, 5) is 23.3. The molecular formula is C15H18BrN3O2. The highest BCUT2D eigenvalue weighted by molar-refractivity contribution is 9.10. The van der Waals surface area contributed by atoms with Crippen molar-refractivity contribution in [3.63, 3.8) is 0 Å². The first-order valence-electron chi connectivity index (χ1n) is 7.20. The highest BCUT2D eigenvalue weighted by Crippen LogP contribution is 2.34. The van der Waals surface area contributed by atoms with E-state index in [4.69, 9.17) is 5.73 Å². The van der Waals surface area contributed by atoms with Gasteiger partial charge in [0.25, 0.3) is 0 Å². The zero-order valence-electron chi connectivity index (χ0n) is 11.6. The van der Waals surface area contributed by atoms with Gasteiger partial charge in [0.2, 0.25) is 11.8 Å². The van der Waals surface area contributed by atoms with Crippen molar-refractivity contribution < 1.29 is 9.59 Å². The van der Waals surface area contributed by atoms with E-state index in [1.54, 1.807) is 0 Å². The van der Waals surface area contributed by atoms with Crippen LogP contribution in [0.3, 0.4) is 0 Å². The van der Waals surface area contributed by atoms with Crippen LogP contribution in [-0.4, -0.2) is 17.9 Å². The molecule has 1 unspecified atom stereocenters. The van der Waals surface area contributed by atoms with Crippen LogP contribution >= 0.6 is 15.9 Å². The number of carbonyl (C=O) groups excluding carboxylic acids is 2. The molecule has 6 heteroatoms. The Balaban J connectivity index is 1.68. The fourth-order valence-electron chi connectivity index (χ4n) is 3.18. The molecule has 0 spiro atoms. The Kier molecular flexibility index (Phi) is 3.99. The number of fused-ring (bicyclic) bond motifs is 1. The van der Waals surface area contributed by atoms with Gasteiger partial charge in [0.1, 0.15) is 6.04 Å². The Morgan fingerprint density at radius 3 is 2.67 bits per heavy atom. The minimum absolute atomic E-state index is 0.0121. The quantitative estimate of drug-likeness (QED) is 0.779. The fourth-order valence-corrected chi connectivity index (χ4v) is 3.56. The number of hydrogen-bond acceptors (Lipinski definition) is 3. The molecule has 0 bridgehead atoms. The summed E-state index contributed by atoms with van der Waals surface area (Å²) in [5.41, 5.74) is 7.19. The second-order valence-corrected chi connectivity index (χ2v) is 6.69. The van der Waals surface area contributed by atoms with Crippen LogP contribution in [0.5, 0.6) is 0 Å². The predicted octanol–water partition coefficient (Wildman–Crippen LogP) is 2.08. The highest BCUT2D eigenvalue weighted by Gasteiger charge is 2.34. The van der Waals surface area contributed by atoms with Crippen LogP contribution in [0.4, 0.5) is 5.69 Å². The van der Waals surface area contributed by atoms with E-state index in [2.05, 4.69) is 26.6 Å². The van der Waals surface area contributed by atoms with Gasteiger partial charge in [0.05, 0.1) is 0 Å². The molecule has 1 atom stereocenters. The summed E-state index contributed by atoms with van der Waals surface area (Å²) in [5.74, 6) is -0.233. The van der Waals surface area contributed by atoms with Gasteiger partial charge in [-0.2, -0.15) is 0 Å². The number of rotatable bonds is 3. The Morgan fingerprint density at radius 2 is 2.00 bits per heavy atom. The molecule has 1 aromatic rings. The van der Waals surface area contributed by atoms with E-state index >= 15 is 0 Å². The van der Waals surface area contributed by atoms with Crippen LogP contribution in [0.15, 0.2) is 22.7 Å². The summed E-state index contributed by atoms with van der Waals surface area (Å²) >= 11 is 3.44. The number of benzene rings is 1.